The minimum atomic E-state index is -0.976. The summed E-state index contributed by atoms with van der Waals surface area (Å²) >= 11 is 4.93. The molecule has 4 amide bonds. The van der Waals surface area contributed by atoms with Crippen molar-refractivity contribution in [2.45, 2.75) is 6.04 Å². The van der Waals surface area contributed by atoms with Crippen LogP contribution in [0.3, 0.4) is 0 Å². The van der Waals surface area contributed by atoms with E-state index in [0.29, 0.717) is 0 Å². The summed E-state index contributed by atoms with van der Waals surface area (Å²) in [6.45, 7) is -1.06. The zero-order valence-corrected chi connectivity index (χ0v) is 14.8. The van der Waals surface area contributed by atoms with Gasteiger partial charge in [-0.2, -0.15) is 12.6 Å². The zero-order chi connectivity index (χ0) is 18.5. The molecule has 0 rings (SSSR count). The fourth-order valence-corrected chi connectivity index (χ4v) is 1.76. The number of carbonyl (C=O) groups is 5. The Hall–Kier alpha value is -1.79. The monoisotopic (exact) mass is 379 g/mol. The Morgan fingerprint density at radius 3 is 2.08 bits per heavy atom. The first-order valence-corrected chi connectivity index (χ1v) is 8.68. The first-order chi connectivity index (χ1) is 11.3. The molecule has 0 aliphatic carbocycles. The summed E-state index contributed by atoms with van der Waals surface area (Å²) in [6, 6.07) is -0.976. The molecule has 0 saturated heterocycles. The Balaban J connectivity index is 4.20. The molecule has 0 aromatic heterocycles. The summed E-state index contributed by atoms with van der Waals surface area (Å²) in [5.74, 6) is -2.26. The van der Waals surface area contributed by atoms with Gasteiger partial charge in [-0.25, -0.2) is 0 Å². The standard InChI is InChI=1S/C12H21N5O5S2/c1-24-11(21)5-15-9(19)3-16-12(22)7(6-23)17-10(20)4-14-8(18)2-13/h7,23H,2-6,13H2,1H3,(H,14,18)(H,15,19)(H,16,22)(H,17,20)/t7-/m0/s1. The average molecular weight is 379 g/mol. The molecule has 12 heteroatoms. The number of hydrogen-bond acceptors (Lipinski definition) is 8. The van der Waals surface area contributed by atoms with E-state index in [9.17, 15) is 24.0 Å². The van der Waals surface area contributed by atoms with Crippen molar-refractivity contribution >= 4 is 53.1 Å². The second-order valence-corrected chi connectivity index (χ2v) is 5.58. The van der Waals surface area contributed by atoms with Crippen molar-refractivity contribution in [1.82, 2.24) is 21.3 Å². The maximum Gasteiger partial charge on any atom is 0.243 e. The molecule has 0 heterocycles. The molecule has 0 fully saturated rings. The van der Waals surface area contributed by atoms with E-state index in [2.05, 4.69) is 33.9 Å². The number of hydrogen-bond donors (Lipinski definition) is 6. The summed E-state index contributed by atoms with van der Waals surface area (Å²) in [5.41, 5.74) is 5.07. The minimum Gasteiger partial charge on any atom is -0.347 e. The van der Waals surface area contributed by atoms with Gasteiger partial charge in [-0.05, 0) is 6.26 Å². The van der Waals surface area contributed by atoms with E-state index in [1.165, 1.54) is 0 Å². The molecular weight excluding hydrogens is 358 g/mol. The molecule has 0 aliphatic heterocycles. The first-order valence-electron chi connectivity index (χ1n) is 6.82. The Morgan fingerprint density at radius 1 is 0.958 bits per heavy atom. The Morgan fingerprint density at radius 2 is 1.54 bits per heavy atom. The van der Waals surface area contributed by atoms with Gasteiger partial charge >= 0.3 is 0 Å². The third-order valence-corrected chi connectivity index (χ3v) is 3.51. The molecule has 0 aromatic rings. The number of thioether (sulfide) groups is 1. The molecular formula is C12H21N5O5S2. The van der Waals surface area contributed by atoms with Gasteiger partial charge < -0.3 is 27.0 Å². The van der Waals surface area contributed by atoms with Gasteiger partial charge in [0.15, 0.2) is 0 Å². The highest BCUT2D eigenvalue weighted by atomic mass is 32.2. The number of carbonyl (C=O) groups excluding carboxylic acids is 5. The number of nitrogens with two attached hydrogens (primary N) is 1. The van der Waals surface area contributed by atoms with Crippen molar-refractivity contribution in [3.63, 3.8) is 0 Å². The van der Waals surface area contributed by atoms with E-state index in [4.69, 9.17) is 5.73 Å². The van der Waals surface area contributed by atoms with E-state index in [1.54, 1.807) is 6.26 Å². The number of amides is 4. The van der Waals surface area contributed by atoms with Gasteiger partial charge in [0.2, 0.25) is 28.7 Å². The molecule has 0 saturated carbocycles. The van der Waals surface area contributed by atoms with Crippen LogP contribution in [0.25, 0.3) is 0 Å². The van der Waals surface area contributed by atoms with E-state index < -0.39 is 29.7 Å². The summed E-state index contributed by atoms with van der Waals surface area (Å²) in [5, 5.41) is 9.05. The quantitative estimate of drug-likeness (QED) is 0.216. The predicted molar refractivity (Wildman–Crippen MR) is 92.4 cm³/mol. The van der Waals surface area contributed by atoms with E-state index in [1.807, 2.05) is 0 Å². The van der Waals surface area contributed by atoms with Gasteiger partial charge in [-0.3, -0.25) is 24.0 Å². The van der Waals surface area contributed by atoms with E-state index in [0.717, 1.165) is 11.8 Å². The summed E-state index contributed by atoms with van der Waals surface area (Å²) in [7, 11) is 0. The lowest BCUT2D eigenvalue weighted by Crippen LogP contribution is -2.52. The lowest BCUT2D eigenvalue weighted by atomic mass is 10.3. The molecule has 136 valence electrons. The molecule has 10 nitrogen and oxygen atoms in total. The van der Waals surface area contributed by atoms with Crippen LogP contribution in [0.1, 0.15) is 0 Å². The van der Waals surface area contributed by atoms with Crippen LogP contribution in [0.4, 0.5) is 0 Å². The van der Waals surface area contributed by atoms with Crippen molar-refractivity contribution < 1.29 is 24.0 Å². The molecule has 0 unspecified atom stereocenters. The fourth-order valence-electron chi connectivity index (χ4n) is 1.29. The Kier molecular flexibility index (Phi) is 11.7. The average Bonchev–Trinajstić information content (AvgIpc) is 2.59. The number of nitrogens with one attached hydrogen (secondary N) is 4. The third kappa shape index (κ3) is 10.1. The van der Waals surface area contributed by atoms with Crippen LogP contribution < -0.4 is 27.0 Å². The van der Waals surface area contributed by atoms with Crippen LogP contribution in [0, 0.1) is 0 Å². The Labute approximate surface area is 148 Å². The summed E-state index contributed by atoms with van der Waals surface area (Å²) in [4.78, 5) is 56.9. The zero-order valence-electron chi connectivity index (χ0n) is 13.1. The molecule has 0 aromatic carbocycles. The second kappa shape index (κ2) is 12.6. The van der Waals surface area contributed by atoms with Gasteiger partial charge in [-0.1, -0.05) is 11.8 Å². The van der Waals surface area contributed by atoms with Crippen molar-refractivity contribution in [2.75, 3.05) is 38.2 Å². The van der Waals surface area contributed by atoms with Gasteiger partial charge in [0.25, 0.3) is 0 Å². The van der Waals surface area contributed by atoms with Crippen LogP contribution in [-0.4, -0.2) is 73.0 Å². The topological polar surface area (TPSA) is 159 Å². The Bertz CT molecular complexity index is 488. The van der Waals surface area contributed by atoms with Crippen LogP contribution in [0.15, 0.2) is 0 Å². The molecule has 0 spiro atoms. The molecule has 1 atom stereocenters. The number of rotatable bonds is 10. The van der Waals surface area contributed by atoms with Gasteiger partial charge in [0.05, 0.1) is 26.2 Å². The lowest BCUT2D eigenvalue weighted by Gasteiger charge is -2.16. The molecule has 0 radical (unpaired) electrons. The van der Waals surface area contributed by atoms with Gasteiger partial charge in [-0.15, -0.1) is 0 Å². The van der Waals surface area contributed by atoms with Crippen molar-refractivity contribution in [2.24, 2.45) is 5.73 Å². The van der Waals surface area contributed by atoms with E-state index >= 15 is 0 Å². The maximum absolute atomic E-state index is 11.9. The smallest absolute Gasteiger partial charge is 0.243 e. The summed E-state index contributed by atoms with van der Waals surface area (Å²) in [6.07, 6.45) is 1.59. The fraction of sp³-hybridized carbons (Fsp3) is 0.583. The van der Waals surface area contributed by atoms with Gasteiger partial charge in [0, 0.05) is 5.75 Å². The second-order valence-electron chi connectivity index (χ2n) is 4.35. The molecule has 24 heavy (non-hydrogen) atoms. The van der Waals surface area contributed by atoms with Crippen molar-refractivity contribution in [3.05, 3.63) is 0 Å². The predicted octanol–water partition coefficient (Wildman–Crippen LogP) is -3.40. The van der Waals surface area contributed by atoms with Crippen molar-refractivity contribution in [1.29, 1.82) is 0 Å². The molecule has 0 bridgehead atoms. The van der Waals surface area contributed by atoms with E-state index in [-0.39, 0.29) is 37.0 Å². The maximum atomic E-state index is 11.9. The molecule has 6 N–H and O–H groups in total. The van der Waals surface area contributed by atoms with Crippen LogP contribution in [0.2, 0.25) is 0 Å². The highest BCUT2D eigenvalue weighted by Gasteiger charge is 2.20. The van der Waals surface area contributed by atoms with Crippen LogP contribution in [0.5, 0.6) is 0 Å². The normalized spacial score (nSPS) is 11.1. The number of thiol groups is 1. The van der Waals surface area contributed by atoms with Crippen LogP contribution >= 0.6 is 24.4 Å². The summed E-state index contributed by atoms with van der Waals surface area (Å²) < 4.78 is 0. The largest absolute Gasteiger partial charge is 0.347 e. The third-order valence-electron chi connectivity index (χ3n) is 2.55. The lowest BCUT2D eigenvalue weighted by molar-refractivity contribution is -0.130. The first kappa shape index (κ1) is 22.2. The van der Waals surface area contributed by atoms with Gasteiger partial charge in [0.1, 0.15) is 6.04 Å². The van der Waals surface area contributed by atoms with Crippen molar-refractivity contribution in [3.8, 4) is 0 Å². The minimum absolute atomic E-state index is 0.00497. The van der Waals surface area contributed by atoms with Crippen LogP contribution in [-0.2, 0) is 24.0 Å². The highest BCUT2D eigenvalue weighted by Crippen LogP contribution is 1.91. The SMILES string of the molecule is CSC(=O)CNC(=O)CNC(=O)[C@H](CS)NC(=O)CNC(=O)CN. The highest BCUT2D eigenvalue weighted by molar-refractivity contribution is 8.13. The molecule has 0 aliphatic rings.